The number of nitriles is 1. The highest BCUT2D eigenvalue weighted by Gasteiger charge is 2.21. The average Bonchev–Trinajstić information content (AvgIpc) is 2.64. The molecule has 2 rings (SSSR count). The van der Waals surface area contributed by atoms with Gasteiger partial charge in [-0.05, 0) is 70.1 Å². The van der Waals surface area contributed by atoms with Crippen molar-refractivity contribution >= 4 is 23.2 Å². The third kappa shape index (κ3) is 5.41. The number of carbonyl (C=O) groups is 2. The van der Waals surface area contributed by atoms with E-state index in [4.69, 9.17) is 5.26 Å². The number of rotatable bonds is 6. The molecule has 0 aromatic heterocycles. The Morgan fingerprint density at radius 2 is 1.64 bits per heavy atom. The molecule has 2 aromatic carbocycles. The normalized spacial score (nSPS) is 11.6. The minimum atomic E-state index is -0.499. The summed E-state index contributed by atoms with van der Waals surface area (Å²) < 4.78 is 0. The zero-order valence-electron chi connectivity index (χ0n) is 17.0. The maximum atomic E-state index is 12.5. The first-order chi connectivity index (χ1) is 13.2. The minimum Gasteiger partial charge on any atom is -0.325 e. The first-order valence-electron chi connectivity index (χ1n) is 9.10. The number of likely N-dealkylation sites (N-methyl/N-ethyl adjacent to an activating group) is 1. The van der Waals surface area contributed by atoms with E-state index in [0.717, 1.165) is 22.4 Å². The van der Waals surface area contributed by atoms with Gasteiger partial charge in [0.05, 0.1) is 24.2 Å². The molecule has 0 saturated carbocycles. The molecule has 0 aliphatic heterocycles. The van der Waals surface area contributed by atoms with E-state index in [9.17, 15) is 9.59 Å². The van der Waals surface area contributed by atoms with Gasteiger partial charge in [-0.3, -0.25) is 14.5 Å². The zero-order valence-corrected chi connectivity index (χ0v) is 17.0. The molecule has 1 atom stereocenters. The van der Waals surface area contributed by atoms with Gasteiger partial charge < -0.3 is 10.6 Å². The van der Waals surface area contributed by atoms with Crippen molar-refractivity contribution in [1.29, 1.82) is 5.26 Å². The van der Waals surface area contributed by atoms with E-state index >= 15 is 0 Å². The quantitative estimate of drug-likeness (QED) is 0.807. The van der Waals surface area contributed by atoms with Crippen LogP contribution < -0.4 is 10.6 Å². The van der Waals surface area contributed by atoms with Crippen LogP contribution in [0, 0.1) is 32.1 Å². The number of nitrogens with zero attached hydrogens (tertiary/aromatic N) is 2. The van der Waals surface area contributed by atoms with Gasteiger partial charge in [0.15, 0.2) is 0 Å². The second-order valence-corrected chi connectivity index (χ2v) is 7.09. The summed E-state index contributed by atoms with van der Waals surface area (Å²) in [6, 6.07) is 12.2. The van der Waals surface area contributed by atoms with E-state index in [0.29, 0.717) is 11.3 Å². The Hall–Kier alpha value is -3.17. The molecule has 6 nitrogen and oxygen atoms in total. The molecular formula is C22H26N4O2. The molecule has 0 saturated heterocycles. The number of anilines is 2. The Balaban J connectivity index is 1.95. The summed E-state index contributed by atoms with van der Waals surface area (Å²) in [6.07, 6.45) is 0. The van der Waals surface area contributed by atoms with Crippen molar-refractivity contribution in [2.75, 3.05) is 24.2 Å². The molecule has 0 spiro atoms. The Morgan fingerprint density at radius 1 is 1.07 bits per heavy atom. The number of carbonyl (C=O) groups excluding carboxylic acids is 2. The molecule has 146 valence electrons. The van der Waals surface area contributed by atoms with Gasteiger partial charge in [0.25, 0.3) is 0 Å². The van der Waals surface area contributed by atoms with Crippen molar-refractivity contribution in [2.24, 2.45) is 0 Å². The van der Waals surface area contributed by atoms with Gasteiger partial charge >= 0.3 is 0 Å². The average molecular weight is 378 g/mol. The first-order valence-corrected chi connectivity index (χ1v) is 9.10. The SMILES string of the molecule is Cc1cc(C)c(NC(=O)CN(C)[C@@H](C)C(=O)Nc2ccc(C#N)cc2)c(C)c1. The summed E-state index contributed by atoms with van der Waals surface area (Å²) in [7, 11) is 1.73. The molecule has 0 heterocycles. The first kappa shape index (κ1) is 21.1. The second kappa shape index (κ2) is 9.16. The molecule has 0 radical (unpaired) electrons. The summed E-state index contributed by atoms with van der Waals surface area (Å²) in [5.41, 5.74) is 5.14. The highest BCUT2D eigenvalue weighted by molar-refractivity contribution is 5.96. The van der Waals surface area contributed by atoms with Crippen molar-refractivity contribution in [1.82, 2.24) is 4.90 Å². The smallest absolute Gasteiger partial charge is 0.241 e. The lowest BCUT2D eigenvalue weighted by atomic mass is 10.1. The van der Waals surface area contributed by atoms with E-state index in [1.165, 1.54) is 0 Å². The maximum Gasteiger partial charge on any atom is 0.241 e. The van der Waals surface area contributed by atoms with E-state index in [2.05, 4.69) is 10.6 Å². The molecule has 28 heavy (non-hydrogen) atoms. The van der Waals surface area contributed by atoms with Crippen LogP contribution in [0.15, 0.2) is 36.4 Å². The summed E-state index contributed by atoms with van der Waals surface area (Å²) in [5, 5.41) is 14.6. The number of amides is 2. The number of benzene rings is 2. The van der Waals surface area contributed by atoms with Crippen molar-refractivity contribution in [3.63, 3.8) is 0 Å². The lowest BCUT2D eigenvalue weighted by Gasteiger charge is -2.24. The number of nitrogens with one attached hydrogen (secondary N) is 2. The molecule has 6 heteroatoms. The third-order valence-corrected chi connectivity index (χ3v) is 4.66. The fourth-order valence-electron chi connectivity index (χ4n) is 2.99. The molecule has 2 aromatic rings. The van der Waals surface area contributed by atoms with Gasteiger partial charge in [0, 0.05) is 11.4 Å². The van der Waals surface area contributed by atoms with Gasteiger partial charge in [0.2, 0.25) is 11.8 Å². The van der Waals surface area contributed by atoms with Crippen molar-refractivity contribution < 1.29 is 9.59 Å². The van der Waals surface area contributed by atoms with Crippen LogP contribution in [0.4, 0.5) is 11.4 Å². The molecular weight excluding hydrogens is 352 g/mol. The topological polar surface area (TPSA) is 85.2 Å². The Bertz CT molecular complexity index is 890. The number of hydrogen-bond donors (Lipinski definition) is 2. The monoisotopic (exact) mass is 378 g/mol. The molecule has 2 N–H and O–H groups in total. The van der Waals surface area contributed by atoms with Gasteiger partial charge in [-0.25, -0.2) is 0 Å². The van der Waals surface area contributed by atoms with Gasteiger partial charge in [-0.15, -0.1) is 0 Å². The highest BCUT2D eigenvalue weighted by Crippen LogP contribution is 2.21. The number of hydrogen-bond acceptors (Lipinski definition) is 4. The number of aryl methyl sites for hydroxylation is 3. The maximum absolute atomic E-state index is 12.5. The summed E-state index contributed by atoms with van der Waals surface area (Å²) in [4.78, 5) is 26.6. The van der Waals surface area contributed by atoms with Crippen molar-refractivity contribution in [3.05, 3.63) is 58.7 Å². The highest BCUT2D eigenvalue weighted by atomic mass is 16.2. The lowest BCUT2D eigenvalue weighted by Crippen LogP contribution is -2.43. The molecule has 0 aliphatic carbocycles. The van der Waals surface area contributed by atoms with E-state index in [1.807, 2.05) is 39.0 Å². The standard InChI is InChI=1S/C22H26N4O2/c1-14-10-15(2)21(16(3)11-14)25-20(27)13-26(5)17(4)22(28)24-19-8-6-18(12-23)7-9-19/h6-11,17H,13H2,1-5H3,(H,24,28)(H,25,27)/t17-/m0/s1. The van der Waals surface area contributed by atoms with Crippen LogP contribution in [0.2, 0.25) is 0 Å². The van der Waals surface area contributed by atoms with Crippen LogP contribution in [-0.2, 0) is 9.59 Å². The van der Waals surface area contributed by atoms with Crippen molar-refractivity contribution in [3.8, 4) is 6.07 Å². The molecule has 2 amide bonds. The van der Waals surface area contributed by atoms with Crippen LogP contribution in [0.1, 0.15) is 29.2 Å². The van der Waals surface area contributed by atoms with Crippen LogP contribution in [0.5, 0.6) is 0 Å². The largest absolute Gasteiger partial charge is 0.325 e. The predicted octanol–water partition coefficient (Wildman–Crippen LogP) is 3.38. The minimum absolute atomic E-state index is 0.0920. The molecule has 0 fully saturated rings. The second-order valence-electron chi connectivity index (χ2n) is 7.09. The van der Waals surface area contributed by atoms with E-state index < -0.39 is 6.04 Å². The zero-order chi connectivity index (χ0) is 20.8. The Kier molecular flexibility index (Phi) is 6.91. The van der Waals surface area contributed by atoms with Crippen molar-refractivity contribution in [2.45, 2.75) is 33.7 Å². The molecule has 0 aliphatic rings. The summed E-state index contributed by atoms with van der Waals surface area (Å²) in [5.74, 6) is -0.390. The van der Waals surface area contributed by atoms with Crippen LogP contribution in [0.25, 0.3) is 0 Å². The Labute approximate surface area is 166 Å². The Morgan fingerprint density at radius 3 is 2.18 bits per heavy atom. The van der Waals surface area contributed by atoms with Gasteiger partial charge in [-0.2, -0.15) is 5.26 Å². The summed E-state index contributed by atoms with van der Waals surface area (Å²) in [6.45, 7) is 7.79. The van der Waals surface area contributed by atoms with Crippen LogP contribution in [-0.4, -0.2) is 36.3 Å². The van der Waals surface area contributed by atoms with Crippen LogP contribution in [0.3, 0.4) is 0 Å². The van der Waals surface area contributed by atoms with E-state index in [1.54, 1.807) is 43.1 Å². The third-order valence-electron chi connectivity index (χ3n) is 4.66. The molecule has 0 unspecified atom stereocenters. The van der Waals surface area contributed by atoms with Gasteiger partial charge in [0.1, 0.15) is 0 Å². The van der Waals surface area contributed by atoms with Crippen LogP contribution >= 0.6 is 0 Å². The lowest BCUT2D eigenvalue weighted by molar-refractivity contribution is -0.122. The van der Waals surface area contributed by atoms with Gasteiger partial charge in [-0.1, -0.05) is 17.7 Å². The fourth-order valence-corrected chi connectivity index (χ4v) is 2.99. The molecule has 0 bridgehead atoms. The fraction of sp³-hybridized carbons (Fsp3) is 0.318. The van der Waals surface area contributed by atoms with E-state index in [-0.39, 0.29) is 18.4 Å². The predicted molar refractivity (Wildman–Crippen MR) is 111 cm³/mol. The summed E-state index contributed by atoms with van der Waals surface area (Å²) >= 11 is 0.